The van der Waals surface area contributed by atoms with E-state index in [9.17, 15) is 0 Å². The molecular formula is C15H14ClN3S. The van der Waals surface area contributed by atoms with E-state index in [0.717, 1.165) is 35.2 Å². The van der Waals surface area contributed by atoms with Crippen LogP contribution in [0.2, 0.25) is 5.15 Å². The summed E-state index contributed by atoms with van der Waals surface area (Å²) < 4.78 is 0. The van der Waals surface area contributed by atoms with Crippen LogP contribution in [0.15, 0.2) is 41.2 Å². The Balaban J connectivity index is 1.81. The third kappa shape index (κ3) is 2.98. The summed E-state index contributed by atoms with van der Waals surface area (Å²) in [6.07, 6.45) is 0. The third-order valence-electron chi connectivity index (χ3n) is 3.11. The number of nitrogens with zero attached hydrogens (tertiary/aromatic N) is 3. The quantitative estimate of drug-likeness (QED) is 0.683. The molecule has 5 heteroatoms. The van der Waals surface area contributed by atoms with Crippen molar-refractivity contribution in [1.29, 1.82) is 0 Å². The van der Waals surface area contributed by atoms with Gasteiger partial charge in [-0.3, -0.25) is 4.90 Å². The molecule has 0 aliphatic heterocycles. The fourth-order valence-electron chi connectivity index (χ4n) is 2.19. The summed E-state index contributed by atoms with van der Waals surface area (Å²) in [6.45, 7) is 1.57. The van der Waals surface area contributed by atoms with Crippen molar-refractivity contribution in [2.45, 2.75) is 13.1 Å². The molecule has 102 valence electrons. The molecule has 0 N–H and O–H groups in total. The molecule has 0 fully saturated rings. The first-order valence-corrected chi connectivity index (χ1v) is 7.64. The van der Waals surface area contributed by atoms with Gasteiger partial charge in [-0.05, 0) is 19.2 Å². The first kappa shape index (κ1) is 13.5. The Morgan fingerprint density at radius 2 is 2.10 bits per heavy atom. The molecule has 2 heterocycles. The number of pyridine rings is 1. The fraction of sp³-hybridized carbons (Fsp3) is 0.200. The molecule has 20 heavy (non-hydrogen) atoms. The van der Waals surface area contributed by atoms with Crippen molar-refractivity contribution < 1.29 is 0 Å². The molecule has 0 bridgehead atoms. The maximum atomic E-state index is 6.28. The average Bonchev–Trinajstić information content (AvgIpc) is 2.92. The van der Waals surface area contributed by atoms with Crippen LogP contribution in [0.5, 0.6) is 0 Å². The van der Waals surface area contributed by atoms with E-state index in [1.807, 2.05) is 23.7 Å². The van der Waals surface area contributed by atoms with Gasteiger partial charge in [0.2, 0.25) is 0 Å². The van der Waals surface area contributed by atoms with E-state index < -0.39 is 0 Å². The predicted molar refractivity (Wildman–Crippen MR) is 84.0 cm³/mol. The molecule has 3 nitrogen and oxygen atoms in total. The van der Waals surface area contributed by atoms with E-state index in [2.05, 4.69) is 39.4 Å². The molecule has 3 aromatic rings. The summed E-state index contributed by atoms with van der Waals surface area (Å²) >= 11 is 7.89. The largest absolute Gasteiger partial charge is 0.296 e. The van der Waals surface area contributed by atoms with Crippen LogP contribution in [-0.2, 0) is 13.1 Å². The van der Waals surface area contributed by atoms with E-state index in [4.69, 9.17) is 11.6 Å². The number of fused-ring (bicyclic) bond motifs is 1. The maximum Gasteiger partial charge on any atom is 0.134 e. The number of para-hydroxylation sites is 1. The Morgan fingerprint density at radius 1 is 1.25 bits per heavy atom. The number of hydrogen-bond acceptors (Lipinski definition) is 4. The molecular weight excluding hydrogens is 290 g/mol. The molecule has 2 aromatic heterocycles. The van der Waals surface area contributed by atoms with Crippen molar-refractivity contribution >= 4 is 33.8 Å². The Hall–Kier alpha value is -1.49. The molecule has 3 rings (SSSR count). The van der Waals surface area contributed by atoms with Crippen LogP contribution in [0.1, 0.15) is 11.3 Å². The number of benzene rings is 1. The van der Waals surface area contributed by atoms with Crippen LogP contribution in [0.25, 0.3) is 10.9 Å². The van der Waals surface area contributed by atoms with Crippen LogP contribution < -0.4 is 0 Å². The molecule has 0 atom stereocenters. The second-order valence-electron chi connectivity index (χ2n) is 4.78. The van der Waals surface area contributed by atoms with Gasteiger partial charge in [-0.25, -0.2) is 9.97 Å². The van der Waals surface area contributed by atoms with Gasteiger partial charge in [0.15, 0.2) is 0 Å². The zero-order chi connectivity index (χ0) is 13.9. The van der Waals surface area contributed by atoms with E-state index in [0.29, 0.717) is 5.15 Å². The SMILES string of the molecule is CN(Cc1cscn1)Cc1cc2ccccc2nc1Cl. The van der Waals surface area contributed by atoms with Crippen molar-refractivity contribution in [2.75, 3.05) is 7.05 Å². The van der Waals surface area contributed by atoms with Crippen molar-refractivity contribution in [3.05, 3.63) is 57.6 Å². The van der Waals surface area contributed by atoms with E-state index >= 15 is 0 Å². The Morgan fingerprint density at radius 3 is 2.90 bits per heavy atom. The van der Waals surface area contributed by atoms with Gasteiger partial charge in [0.05, 0.1) is 16.7 Å². The lowest BCUT2D eigenvalue weighted by molar-refractivity contribution is 0.315. The Labute approximate surface area is 126 Å². The van der Waals surface area contributed by atoms with Gasteiger partial charge >= 0.3 is 0 Å². The smallest absolute Gasteiger partial charge is 0.134 e. The van der Waals surface area contributed by atoms with E-state index in [1.54, 1.807) is 11.3 Å². The van der Waals surface area contributed by atoms with Gasteiger partial charge in [0.1, 0.15) is 5.15 Å². The zero-order valence-corrected chi connectivity index (χ0v) is 12.7. The normalized spacial score (nSPS) is 11.3. The molecule has 0 saturated carbocycles. The second-order valence-corrected chi connectivity index (χ2v) is 5.86. The van der Waals surface area contributed by atoms with Crippen LogP contribution >= 0.6 is 22.9 Å². The van der Waals surface area contributed by atoms with Gasteiger partial charge in [0, 0.05) is 29.4 Å². The molecule has 0 unspecified atom stereocenters. The molecule has 0 aliphatic rings. The first-order valence-electron chi connectivity index (χ1n) is 6.32. The minimum atomic E-state index is 0.578. The molecule has 0 aliphatic carbocycles. The number of aromatic nitrogens is 2. The Kier molecular flexibility index (Phi) is 3.96. The van der Waals surface area contributed by atoms with Crippen molar-refractivity contribution in [2.24, 2.45) is 0 Å². The van der Waals surface area contributed by atoms with Crippen LogP contribution in [0, 0.1) is 0 Å². The highest BCUT2D eigenvalue weighted by atomic mass is 35.5. The zero-order valence-electron chi connectivity index (χ0n) is 11.1. The molecule has 0 spiro atoms. The highest BCUT2D eigenvalue weighted by Crippen LogP contribution is 2.22. The first-order chi connectivity index (χ1) is 9.72. The molecule has 0 amide bonds. The van der Waals surface area contributed by atoms with Crippen molar-refractivity contribution in [1.82, 2.24) is 14.9 Å². The van der Waals surface area contributed by atoms with E-state index in [-0.39, 0.29) is 0 Å². The second kappa shape index (κ2) is 5.87. The monoisotopic (exact) mass is 303 g/mol. The fourth-order valence-corrected chi connectivity index (χ4v) is 2.94. The minimum absolute atomic E-state index is 0.578. The summed E-state index contributed by atoms with van der Waals surface area (Å²) in [5, 5.41) is 3.76. The number of thiazole rings is 1. The summed E-state index contributed by atoms with van der Waals surface area (Å²) in [4.78, 5) is 10.9. The number of halogens is 1. The lowest BCUT2D eigenvalue weighted by atomic mass is 10.1. The van der Waals surface area contributed by atoms with Gasteiger partial charge in [-0.2, -0.15) is 0 Å². The van der Waals surface area contributed by atoms with Gasteiger partial charge in [-0.15, -0.1) is 11.3 Å². The van der Waals surface area contributed by atoms with Crippen LogP contribution in [0.4, 0.5) is 0 Å². The van der Waals surface area contributed by atoms with Crippen molar-refractivity contribution in [3.63, 3.8) is 0 Å². The lowest BCUT2D eigenvalue weighted by Crippen LogP contribution is -2.17. The Bertz CT molecular complexity index is 712. The molecule has 0 radical (unpaired) electrons. The maximum absolute atomic E-state index is 6.28. The van der Waals surface area contributed by atoms with E-state index in [1.165, 1.54) is 0 Å². The van der Waals surface area contributed by atoms with Gasteiger partial charge in [-0.1, -0.05) is 29.8 Å². The minimum Gasteiger partial charge on any atom is -0.296 e. The average molecular weight is 304 g/mol. The number of rotatable bonds is 4. The predicted octanol–water partition coefficient (Wildman–Crippen LogP) is 3.98. The third-order valence-corrected chi connectivity index (χ3v) is 4.07. The number of hydrogen-bond donors (Lipinski definition) is 0. The standard InChI is InChI=1S/C15H14ClN3S/c1-19(8-13-9-20-10-17-13)7-12-6-11-4-2-3-5-14(11)18-15(12)16/h2-6,9-10H,7-8H2,1H3. The molecule has 0 saturated heterocycles. The molecule has 1 aromatic carbocycles. The summed E-state index contributed by atoms with van der Waals surface area (Å²) in [7, 11) is 2.06. The van der Waals surface area contributed by atoms with Crippen molar-refractivity contribution in [3.8, 4) is 0 Å². The topological polar surface area (TPSA) is 29.0 Å². The summed E-state index contributed by atoms with van der Waals surface area (Å²) in [5.41, 5.74) is 4.92. The van der Waals surface area contributed by atoms with Gasteiger partial charge in [0.25, 0.3) is 0 Å². The highest BCUT2D eigenvalue weighted by Gasteiger charge is 2.09. The van der Waals surface area contributed by atoms with Gasteiger partial charge < -0.3 is 0 Å². The van der Waals surface area contributed by atoms with Crippen LogP contribution in [0.3, 0.4) is 0 Å². The lowest BCUT2D eigenvalue weighted by Gasteiger charge is -2.16. The summed E-state index contributed by atoms with van der Waals surface area (Å²) in [6, 6.07) is 10.1. The van der Waals surface area contributed by atoms with Crippen LogP contribution in [-0.4, -0.2) is 21.9 Å². The highest BCUT2D eigenvalue weighted by molar-refractivity contribution is 7.07. The summed E-state index contributed by atoms with van der Waals surface area (Å²) in [5.74, 6) is 0.